The number of carbonyl (C=O) groups is 1. The molecule has 1 aliphatic heterocycles. The van der Waals surface area contributed by atoms with Gasteiger partial charge in [-0.25, -0.2) is 0 Å². The van der Waals surface area contributed by atoms with E-state index in [9.17, 15) is 4.79 Å². The van der Waals surface area contributed by atoms with Gasteiger partial charge in [0.25, 0.3) is 0 Å². The van der Waals surface area contributed by atoms with Crippen molar-refractivity contribution in [3.05, 3.63) is 90.5 Å². The van der Waals surface area contributed by atoms with Crippen molar-refractivity contribution < 1.29 is 4.79 Å². The summed E-state index contributed by atoms with van der Waals surface area (Å²) in [7, 11) is 0. The third-order valence-electron chi connectivity index (χ3n) is 6.60. The van der Waals surface area contributed by atoms with Crippen molar-refractivity contribution in [3.63, 3.8) is 0 Å². The highest BCUT2D eigenvalue weighted by Crippen LogP contribution is 2.21. The van der Waals surface area contributed by atoms with Gasteiger partial charge in [0.1, 0.15) is 0 Å². The smallest absolute Gasteiger partial charge is 0.220 e. The third-order valence-corrected chi connectivity index (χ3v) is 6.60. The molecule has 3 aromatic rings. The van der Waals surface area contributed by atoms with Gasteiger partial charge in [-0.05, 0) is 67.6 Å². The van der Waals surface area contributed by atoms with Crippen molar-refractivity contribution in [2.75, 3.05) is 31.5 Å². The fourth-order valence-corrected chi connectivity index (χ4v) is 4.64. The molecule has 4 N–H and O–H groups in total. The lowest BCUT2D eigenvalue weighted by Crippen LogP contribution is -2.41. The van der Waals surface area contributed by atoms with Gasteiger partial charge in [-0.2, -0.15) is 0 Å². The second-order valence-corrected chi connectivity index (χ2v) is 9.41. The summed E-state index contributed by atoms with van der Waals surface area (Å²) in [5.41, 5.74) is 4.34. The van der Waals surface area contributed by atoms with Crippen LogP contribution in [0.4, 0.5) is 5.69 Å². The Bertz CT molecular complexity index is 1080. The fourth-order valence-electron chi connectivity index (χ4n) is 4.64. The Hall–Kier alpha value is -3.64. The van der Waals surface area contributed by atoms with E-state index < -0.39 is 0 Å². The number of likely N-dealkylation sites (tertiary alicyclic amines) is 1. The van der Waals surface area contributed by atoms with Crippen molar-refractivity contribution in [1.29, 1.82) is 5.41 Å². The first-order valence-electron chi connectivity index (χ1n) is 13.0. The quantitative estimate of drug-likeness (QED) is 0.231. The van der Waals surface area contributed by atoms with Gasteiger partial charge in [0.2, 0.25) is 5.91 Å². The normalized spacial score (nSPS) is 14.2. The number of amides is 1. The molecule has 0 radical (unpaired) electrons. The number of nitrogens with zero attached hydrogens (tertiary/aromatic N) is 1. The van der Waals surface area contributed by atoms with E-state index in [1.54, 1.807) is 0 Å². The highest BCUT2D eigenvalue weighted by atomic mass is 16.1. The van der Waals surface area contributed by atoms with Crippen LogP contribution in [-0.2, 0) is 11.2 Å². The maximum atomic E-state index is 12.5. The molecular weight excluding hydrogens is 446 g/mol. The molecule has 1 unspecified atom stereocenters. The molecule has 1 fully saturated rings. The molecule has 0 aromatic heterocycles. The van der Waals surface area contributed by atoms with Gasteiger partial charge in [0, 0.05) is 31.2 Å². The van der Waals surface area contributed by atoms with E-state index in [-0.39, 0.29) is 17.9 Å². The second-order valence-electron chi connectivity index (χ2n) is 9.41. The molecule has 0 aliphatic carbocycles. The second kappa shape index (κ2) is 13.4. The van der Waals surface area contributed by atoms with Gasteiger partial charge < -0.3 is 20.9 Å². The van der Waals surface area contributed by atoms with Gasteiger partial charge in [0.15, 0.2) is 5.96 Å². The molecule has 1 saturated heterocycles. The molecule has 4 rings (SSSR count). The Kier molecular flexibility index (Phi) is 9.51. The average Bonchev–Trinajstić information content (AvgIpc) is 3.42. The number of nitrogens with one attached hydrogen (secondary N) is 4. The van der Waals surface area contributed by atoms with E-state index in [0.717, 1.165) is 37.3 Å². The summed E-state index contributed by atoms with van der Waals surface area (Å²) >= 11 is 0. The fraction of sp³-hybridized carbons (Fsp3) is 0.333. The zero-order valence-electron chi connectivity index (χ0n) is 20.9. The largest absolute Gasteiger partial charge is 0.355 e. The molecule has 1 aliphatic rings. The molecule has 0 saturated carbocycles. The molecule has 0 bridgehead atoms. The molecule has 0 spiro atoms. The summed E-state index contributed by atoms with van der Waals surface area (Å²) in [5, 5.41) is 18.0. The highest BCUT2D eigenvalue weighted by Gasteiger charge is 2.15. The zero-order valence-corrected chi connectivity index (χ0v) is 20.9. The van der Waals surface area contributed by atoms with Crippen LogP contribution in [-0.4, -0.2) is 49.0 Å². The van der Waals surface area contributed by atoms with Crippen molar-refractivity contribution >= 4 is 17.6 Å². The van der Waals surface area contributed by atoms with Gasteiger partial charge in [-0.1, -0.05) is 72.8 Å². The Morgan fingerprint density at radius 2 is 1.50 bits per heavy atom. The van der Waals surface area contributed by atoms with Crippen LogP contribution in [0.2, 0.25) is 0 Å². The van der Waals surface area contributed by atoms with Gasteiger partial charge in [-0.3, -0.25) is 10.2 Å². The Labute approximate surface area is 214 Å². The summed E-state index contributed by atoms with van der Waals surface area (Å²) in [6.07, 6.45) is 4.36. The van der Waals surface area contributed by atoms with E-state index in [1.165, 1.54) is 24.0 Å². The molecule has 6 nitrogen and oxygen atoms in total. The number of benzene rings is 3. The third kappa shape index (κ3) is 8.24. The van der Waals surface area contributed by atoms with Gasteiger partial charge in [-0.15, -0.1) is 0 Å². The van der Waals surface area contributed by atoms with E-state index in [4.69, 9.17) is 5.41 Å². The minimum Gasteiger partial charge on any atom is -0.355 e. The lowest BCUT2D eigenvalue weighted by Gasteiger charge is -2.21. The minimum atomic E-state index is -0.0275. The number of hydrogen-bond donors (Lipinski definition) is 4. The van der Waals surface area contributed by atoms with E-state index in [1.807, 2.05) is 48.5 Å². The zero-order chi connectivity index (χ0) is 25.0. The number of anilines is 1. The van der Waals surface area contributed by atoms with Gasteiger partial charge in [0.05, 0.1) is 0 Å². The molecule has 36 heavy (non-hydrogen) atoms. The van der Waals surface area contributed by atoms with Crippen molar-refractivity contribution in [2.24, 2.45) is 0 Å². The Morgan fingerprint density at radius 3 is 2.19 bits per heavy atom. The molecule has 1 heterocycles. The van der Waals surface area contributed by atoms with Crippen LogP contribution in [0.1, 0.15) is 31.2 Å². The van der Waals surface area contributed by atoms with E-state index in [0.29, 0.717) is 19.4 Å². The standard InChI is InChI=1S/C30H37N5O/c31-30(33-27-15-13-26(14-16-27)25-11-5-2-6-12-25)34-28(23-24-9-3-1-4-10-24)17-18-29(36)32-19-22-35-20-7-8-21-35/h1-6,9-16,28H,7-8,17-23H2,(H,32,36)(H3,31,33,34). The SMILES string of the molecule is N=C(Nc1ccc(-c2ccccc2)cc1)NC(CCC(=O)NCCN1CCCC1)Cc1ccccc1. The Morgan fingerprint density at radius 1 is 0.861 bits per heavy atom. The average molecular weight is 484 g/mol. The summed E-state index contributed by atoms with van der Waals surface area (Å²) < 4.78 is 0. The van der Waals surface area contributed by atoms with Crippen LogP contribution >= 0.6 is 0 Å². The first-order valence-corrected chi connectivity index (χ1v) is 13.0. The molecule has 1 atom stereocenters. The summed E-state index contributed by atoms with van der Waals surface area (Å²) in [6, 6.07) is 28.5. The first-order chi connectivity index (χ1) is 17.7. The summed E-state index contributed by atoms with van der Waals surface area (Å²) in [4.78, 5) is 14.9. The van der Waals surface area contributed by atoms with Crippen molar-refractivity contribution in [3.8, 4) is 11.1 Å². The monoisotopic (exact) mass is 483 g/mol. The topological polar surface area (TPSA) is 80.2 Å². The van der Waals surface area contributed by atoms with Crippen molar-refractivity contribution in [1.82, 2.24) is 15.5 Å². The van der Waals surface area contributed by atoms with Crippen LogP contribution in [0.25, 0.3) is 11.1 Å². The van der Waals surface area contributed by atoms with Crippen molar-refractivity contribution in [2.45, 2.75) is 38.1 Å². The Balaban J connectivity index is 1.28. The van der Waals surface area contributed by atoms with Crippen LogP contribution in [0.3, 0.4) is 0 Å². The number of rotatable bonds is 11. The molecule has 3 aromatic carbocycles. The van der Waals surface area contributed by atoms with Crippen LogP contribution in [0, 0.1) is 5.41 Å². The summed E-state index contributed by atoms with van der Waals surface area (Å²) in [6.45, 7) is 3.91. The van der Waals surface area contributed by atoms with Gasteiger partial charge >= 0.3 is 0 Å². The highest BCUT2D eigenvalue weighted by molar-refractivity contribution is 5.91. The first kappa shape index (κ1) is 25.5. The van der Waals surface area contributed by atoms with Crippen LogP contribution in [0.5, 0.6) is 0 Å². The lowest BCUT2D eigenvalue weighted by molar-refractivity contribution is -0.121. The summed E-state index contributed by atoms with van der Waals surface area (Å²) in [5.74, 6) is 0.308. The minimum absolute atomic E-state index is 0.0275. The molecule has 1 amide bonds. The van der Waals surface area contributed by atoms with E-state index >= 15 is 0 Å². The maximum absolute atomic E-state index is 12.5. The maximum Gasteiger partial charge on any atom is 0.220 e. The number of hydrogen-bond acceptors (Lipinski definition) is 3. The predicted molar refractivity (Wildman–Crippen MR) is 148 cm³/mol. The van der Waals surface area contributed by atoms with E-state index in [2.05, 4.69) is 57.2 Å². The van der Waals surface area contributed by atoms with Crippen LogP contribution in [0.15, 0.2) is 84.9 Å². The molecule has 188 valence electrons. The van der Waals surface area contributed by atoms with Crippen LogP contribution < -0.4 is 16.0 Å². The lowest BCUT2D eigenvalue weighted by atomic mass is 10.0. The molecule has 6 heteroatoms. The number of carbonyl (C=O) groups excluding carboxylic acids is 1. The molecular formula is C30H37N5O. The number of guanidine groups is 1. The predicted octanol–water partition coefficient (Wildman–Crippen LogP) is 4.89.